The average Bonchev–Trinajstić information content (AvgIpc) is 3.14. The Morgan fingerprint density at radius 2 is 1.05 bits per heavy atom. The summed E-state index contributed by atoms with van der Waals surface area (Å²) in [5.74, 6) is 0. The Labute approximate surface area is 261 Å². The van der Waals surface area contributed by atoms with Crippen LogP contribution >= 0.6 is 0 Å². The summed E-state index contributed by atoms with van der Waals surface area (Å²) in [5.41, 5.74) is 13.5. The zero-order chi connectivity index (χ0) is 23.4. The van der Waals surface area contributed by atoms with Gasteiger partial charge in [-0.05, 0) is 39.5 Å². The molecular weight excluding hydrogens is 594 g/mol. The summed E-state index contributed by atoms with van der Waals surface area (Å²) in [6, 6.07) is 32.8. The van der Waals surface area contributed by atoms with Crippen molar-refractivity contribution >= 4 is 0 Å². The summed E-state index contributed by atoms with van der Waals surface area (Å²) >= 11 is 0. The number of halogens is 3. The van der Waals surface area contributed by atoms with E-state index in [0.717, 1.165) is 6.42 Å². The summed E-state index contributed by atoms with van der Waals surface area (Å²) in [6.45, 7) is 13.9. The summed E-state index contributed by atoms with van der Waals surface area (Å²) in [6.07, 6.45) is 0.944. The van der Waals surface area contributed by atoms with Crippen LogP contribution < -0.4 is 37.2 Å². The van der Waals surface area contributed by atoms with Crippen molar-refractivity contribution in [3.63, 3.8) is 0 Å². The van der Waals surface area contributed by atoms with Crippen molar-refractivity contribution in [2.24, 2.45) is 0 Å². The van der Waals surface area contributed by atoms with Crippen molar-refractivity contribution in [2.45, 2.75) is 58.8 Å². The van der Waals surface area contributed by atoms with Crippen LogP contribution in [0.25, 0.3) is 33.4 Å². The van der Waals surface area contributed by atoms with Gasteiger partial charge >= 0.3 is 26.2 Å². The van der Waals surface area contributed by atoms with Crippen molar-refractivity contribution in [3.05, 3.63) is 107 Å². The van der Waals surface area contributed by atoms with Gasteiger partial charge in [0.2, 0.25) is 0 Å². The molecule has 0 N–H and O–H groups in total. The molecule has 0 heterocycles. The predicted octanol–water partition coefficient (Wildman–Crippen LogP) is -0.00351. The molecule has 0 aromatic heterocycles. The normalized spacial score (nSPS) is 11.6. The topological polar surface area (TPSA) is 0 Å². The van der Waals surface area contributed by atoms with Crippen molar-refractivity contribution < 1.29 is 63.4 Å². The number of hydrogen-bond donors (Lipinski definition) is 0. The second-order valence-electron chi connectivity index (χ2n) is 11.4. The zero-order valence-electron chi connectivity index (χ0n) is 22.3. The van der Waals surface area contributed by atoms with Gasteiger partial charge in [-0.1, -0.05) is 131 Å². The third kappa shape index (κ3) is 6.62. The molecule has 0 atom stereocenters. The van der Waals surface area contributed by atoms with Gasteiger partial charge in [-0.25, -0.2) is 0 Å². The van der Waals surface area contributed by atoms with E-state index >= 15 is 0 Å². The Balaban J connectivity index is 0.00000171. The number of fused-ring (bicyclic) bond motifs is 3. The fourth-order valence-electron chi connectivity index (χ4n) is 5.10. The Hall–Kier alpha value is -1.37. The number of benzene rings is 4. The molecular formula is C33H33Cl3Zr. The summed E-state index contributed by atoms with van der Waals surface area (Å²) in [4.78, 5) is 0. The van der Waals surface area contributed by atoms with Crippen LogP contribution in [0, 0.1) is 6.07 Å². The summed E-state index contributed by atoms with van der Waals surface area (Å²) < 4.78 is 0. The van der Waals surface area contributed by atoms with E-state index in [1.165, 1.54) is 55.6 Å². The van der Waals surface area contributed by atoms with Gasteiger partial charge in [-0.3, -0.25) is 0 Å². The first-order valence-corrected chi connectivity index (χ1v) is 12.0. The Morgan fingerprint density at radius 1 is 0.568 bits per heavy atom. The van der Waals surface area contributed by atoms with Crippen LogP contribution in [-0.4, -0.2) is 0 Å². The maximum absolute atomic E-state index is 3.88. The zero-order valence-corrected chi connectivity index (χ0v) is 27.1. The van der Waals surface area contributed by atoms with E-state index in [9.17, 15) is 0 Å². The first kappa shape index (κ1) is 33.7. The number of hydrogen-bond acceptors (Lipinski definition) is 0. The molecule has 0 aliphatic heterocycles. The van der Waals surface area contributed by atoms with E-state index in [4.69, 9.17) is 0 Å². The van der Waals surface area contributed by atoms with E-state index in [0.29, 0.717) is 0 Å². The number of rotatable bonds is 2. The van der Waals surface area contributed by atoms with Crippen molar-refractivity contribution in [1.82, 2.24) is 0 Å². The van der Waals surface area contributed by atoms with Gasteiger partial charge in [0.1, 0.15) is 0 Å². The maximum atomic E-state index is 3.88. The monoisotopic (exact) mass is 624 g/mol. The first-order chi connectivity index (χ1) is 15.6. The van der Waals surface area contributed by atoms with E-state index in [1.807, 2.05) is 0 Å². The minimum Gasteiger partial charge on any atom is -1.00 e. The SMILES string of the molecule is CC(C)(C)c1cc2c([c-]c1-c1ccccc1)Cc1cc(-c3ccccc3)c(C(C)(C)C)cc1-2.[Cl-].[Cl-].[Cl-].[Zr+4]. The summed E-state index contributed by atoms with van der Waals surface area (Å²) in [5, 5.41) is 0. The Bertz CT molecular complexity index is 1230. The largest absolute Gasteiger partial charge is 4.00 e. The molecule has 1 aliphatic carbocycles. The molecule has 4 heteroatoms. The fourth-order valence-corrected chi connectivity index (χ4v) is 5.10. The molecule has 5 rings (SSSR count). The van der Waals surface area contributed by atoms with Gasteiger partial charge in [0.05, 0.1) is 0 Å². The van der Waals surface area contributed by atoms with Crippen LogP contribution in [-0.2, 0) is 43.5 Å². The molecule has 4 aromatic rings. The van der Waals surface area contributed by atoms with E-state index in [2.05, 4.69) is 126 Å². The maximum Gasteiger partial charge on any atom is 4.00 e. The fraction of sp³-hybridized carbons (Fsp3) is 0.273. The molecule has 190 valence electrons. The third-order valence-corrected chi connectivity index (χ3v) is 6.82. The first-order valence-electron chi connectivity index (χ1n) is 12.0. The van der Waals surface area contributed by atoms with Crippen molar-refractivity contribution in [1.29, 1.82) is 0 Å². The van der Waals surface area contributed by atoms with E-state index in [-0.39, 0.29) is 74.3 Å². The smallest absolute Gasteiger partial charge is 1.00 e. The van der Waals surface area contributed by atoms with Crippen LogP contribution in [0.3, 0.4) is 0 Å². The summed E-state index contributed by atoms with van der Waals surface area (Å²) in [7, 11) is 0. The molecule has 0 amide bonds. The Morgan fingerprint density at radius 3 is 1.57 bits per heavy atom. The molecule has 0 bridgehead atoms. The second-order valence-corrected chi connectivity index (χ2v) is 11.4. The molecule has 0 fully saturated rings. The van der Waals surface area contributed by atoms with Crippen LogP contribution in [0.2, 0.25) is 0 Å². The molecule has 0 saturated carbocycles. The third-order valence-electron chi connectivity index (χ3n) is 6.82. The van der Waals surface area contributed by atoms with Crippen LogP contribution in [0.5, 0.6) is 0 Å². The molecule has 0 unspecified atom stereocenters. The van der Waals surface area contributed by atoms with Gasteiger partial charge < -0.3 is 37.2 Å². The molecule has 0 spiro atoms. The van der Waals surface area contributed by atoms with Crippen molar-refractivity contribution in [2.75, 3.05) is 0 Å². The quantitative estimate of drug-likeness (QED) is 0.242. The molecule has 4 aromatic carbocycles. The minimum absolute atomic E-state index is 0. The second kappa shape index (κ2) is 12.7. The van der Waals surface area contributed by atoms with Gasteiger partial charge in [-0.2, -0.15) is 0 Å². The van der Waals surface area contributed by atoms with E-state index < -0.39 is 0 Å². The van der Waals surface area contributed by atoms with Crippen LogP contribution in [0.15, 0.2) is 78.9 Å². The molecule has 0 radical (unpaired) electrons. The van der Waals surface area contributed by atoms with Gasteiger partial charge in [0.25, 0.3) is 0 Å². The molecule has 1 aliphatic rings. The van der Waals surface area contributed by atoms with Gasteiger partial charge in [0.15, 0.2) is 0 Å². The molecule has 37 heavy (non-hydrogen) atoms. The predicted molar refractivity (Wildman–Crippen MR) is 142 cm³/mol. The van der Waals surface area contributed by atoms with Crippen molar-refractivity contribution in [3.8, 4) is 33.4 Å². The molecule has 0 nitrogen and oxygen atoms in total. The van der Waals surface area contributed by atoms with Gasteiger partial charge in [-0.15, -0.1) is 28.8 Å². The minimum atomic E-state index is 0. The van der Waals surface area contributed by atoms with E-state index in [1.54, 1.807) is 0 Å². The van der Waals surface area contributed by atoms with Crippen LogP contribution in [0.1, 0.15) is 63.8 Å². The van der Waals surface area contributed by atoms with Gasteiger partial charge in [0, 0.05) is 0 Å². The average molecular weight is 627 g/mol. The molecule has 0 saturated heterocycles. The Kier molecular flexibility index (Phi) is 11.5. The standard InChI is InChI=1S/C33H33.3ClH.Zr/c1-32(2,3)30-20-26-24(18-28(30)22-13-9-7-10-14-22)17-25-19-29(23-15-11-8-12-16-23)31(21-27(25)26)33(4,5)6;;;;/h7-16,18,20-21H,17H2,1-6H3;3*1H;/q-1;;;;+4/p-3. The van der Waals surface area contributed by atoms with Crippen LogP contribution in [0.4, 0.5) is 0 Å².